The van der Waals surface area contributed by atoms with E-state index in [2.05, 4.69) is 20.9 Å². The number of aromatic amines is 1. The minimum Gasteiger partial charge on any atom is -0.331 e. The minimum absolute atomic E-state index is 0.0696. The Labute approximate surface area is 133 Å². The van der Waals surface area contributed by atoms with Gasteiger partial charge in [-0.3, -0.25) is 9.36 Å². The Kier molecular flexibility index (Phi) is 3.40. The van der Waals surface area contributed by atoms with Crippen LogP contribution in [0.15, 0.2) is 32.8 Å². The molecule has 6 heteroatoms. The number of thiophene rings is 1. The summed E-state index contributed by atoms with van der Waals surface area (Å²) in [6.45, 7) is 4.00. The summed E-state index contributed by atoms with van der Waals surface area (Å²) in [4.78, 5) is 15.7. The molecule has 3 aromatic rings. The van der Waals surface area contributed by atoms with Crippen molar-refractivity contribution in [1.29, 1.82) is 0 Å². The van der Waals surface area contributed by atoms with E-state index in [1.54, 1.807) is 4.57 Å². The van der Waals surface area contributed by atoms with E-state index in [0.717, 1.165) is 26.8 Å². The van der Waals surface area contributed by atoms with Gasteiger partial charge in [0.15, 0.2) is 4.77 Å². The quantitative estimate of drug-likeness (QED) is 0.644. The molecule has 3 rings (SSSR count). The molecule has 2 aromatic heterocycles. The van der Waals surface area contributed by atoms with Crippen LogP contribution < -0.4 is 5.56 Å². The third-order valence-corrected chi connectivity index (χ3v) is 5.62. The summed E-state index contributed by atoms with van der Waals surface area (Å²) in [6.07, 6.45) is 0. The van der Waals surface area contributed by atoms with Crippen molar-refractivity contribution >= 4 is 49.7 Å². The average molecular weight is 367 g/mol. The van der Waals surface area contributed by atoms with Gasteiger partial charge >= 0.3 is 0 Å². The van der Waals surface area contributed by atoms with Crippen LogP contribution in [0.5, 0.6) is 0 Å². The van der Waals surface area contributed by atoms with E-state index >= 15 is 0 Å². The molecule has 0 atom stereocenters. The molecule has 0 saturated carbocycles. The Morgan fingerprint density at radius 2 is 1.95 bits per heavy atom. The predicted molar refractivity (Wildman–Crippen MR) is 89.8 cm³/mol. The maximum absolute atomic E-state index is 12.6. The van der Waals surface area contributed by atoms with Gasteiger partial charge in [-0.2, -0.15) is 0 Å². The van der Waals surface area contributed by atoms with Crippen LogP contribution in [-0.4, -0.2) is 9.55 Å². The Balaban J connectivity index is 2.40. The van der Waals surface area contributed by atoms with E-state index in [-0.39, 0.29) is 5.56 Å². The highest BCUT2D eigenvalue weighted by Gasteiger charge is 2.10. The van der Waals surface area contributed by atoms with Gasteiger partial charge in [0.25, 0.3) is 5.56 Å². The van der Waals surface area contributed by atoms with Crippen LogP contribution in [0.25, 0.3) is 15.9 Å². The van der Waals surface area contributed by atoms with Crippen molar-refractivity contribution in [3.05, 3.63) is 54.3 Å². The second-order valence-electron chi connectivity index (χ2n) is 4.63. The summed E-state index contributed by atoms with van der Waals surface area (Å²) in [5.74, 6) is 0. The molecule has 20 heavy (non-hydrogen) atoms. The number of nitrogens with zero attached hydrogens (tertiary/aromatic N) is 1. The molecule has 0 fully saturated rings. The number of halogens is 1. The van der Waals surface area contributed by atoms with Crippen LogP contribution in [0.1, 0.15) is 11.1 Å². The van der Waals surface area contributed by atoms with Crippen LogP contribution in [0.3, 0.4) is 0 Å². The molecule has 0 radical (unpaired) electrons. The lowest BCUT2D eigenvalue weighted by Crippen LogP contribution is -2.19. The fourth-order valence-electron chi connectivity index (χ4n) is 2.22. The number of nitrogens with one attached hydrogen (secondary N) is 1. The standard InChI is InChI=1S/C14H11BrN2OS2/c1-7-5-9(6-8(2)11(7)15)17-13(18)12-10(3-4-20-12)16-14(17)19/h3-6H,1-2H3,(H,16,19). The number of H-pyrrole nitrogens is 1. The van der Waals surface area contributed by atoms with Gasteiger partial charge in [-0.15, -0.1) is 11.3 Å². The lowest BCUT2D eigenvalue weighted by molar-refractivity contribution is 0.939. The normalized spacial score (nSPS) is 11.2. The molecular weight excluding hydrogens is 356 g/mol. The zero-order chi connectivity index (χ0) is 14.4. The second-order valence-corrected chi connectivity index (χ2v) is 6.72. The average Bonchev–Trinajstić information content (AvgIpc) is 2.84. The molecule has 0 aliphatic carbocycles. The van der Waals surface area contributed by atoms with E-state index in [1.807, 2.05) is 37.4 Å². The number of aryl methyl sites for hydroxylation is 2. The summed E-state index contributed by atoms with van der Waals surface area (Å²) >= 11 is 10.3. The van der Waals surface area contributed by atoms with Crippen molar-refractivity contribution in [3.63, 3.8) is 0 Å². The zero-order valence-corrected chi connectivity index (χ0v) is 14.1. The van der Waals surface area contributed by atoms with Crippen molar-refractivity contribution in [2.24, 2.45) is 0 Å². The molecule has 3 nitrogen and oxygen atoms in total. The van der Waals surface area contributed by atoms with Crippen LogP contribution in [-0.2, 0) is 0 Å². The summed E-state index contributed by atoms with van der Waals surface area (Å²) in [7, 11) is 0. The second kappa shape index (κ2) is 4.95. The first kappa shape index (κ1) is 13.7. The Hall–Kier alpha value is -1.24. The number of hydrogen-bond donors (Lipinski definition) is 1. The first-order valence-corrected chi connectivity index (χ1v) is 8.07. The Morgan fingerprint density at radius 1 is 1.30 bits per heavy atom. The smallest absolute Gasteiger partial charge is 0.276 e. The van der Waals surface area contributed by atoms with Crippen molar-refractivity contribution < 1.29 is 0 Å². The Bertz CT molecular complexity index is 913. The molecule has 0 aliphatic rings. The number of rotatable bonds is 1. The van der Waals surface area contributed by atoms with Crippen molar-refractivity contribution in [1.82, 2.24) is 9.55 Å². The third-order valence-electron chi connectivity index (χ3n) is 3.19. The predicted octanol–water partition coefficient (Wildman–Crippen LogP) is 4.49. The molecule has 0 unspecified atom stereocenters. The summed E-state index contributed by atoms with van der Waals surface area (Å²) in [5, 5.41) is 1.89. The number of hydrogen-bond acceptors (Lipinski definition) is 3. The van der Waals surface area contributed by atoms with E-state index in [0.29, 0.717) is 9.47 Å². The highest BCUT2D eigenvalue weighted by Crippen LogP contribution is 2.24. The Morgan fingerprint density at radius 3 is 2.60 bits per heavy atom. The van der Waals surface area contributed by atoms with Gasteiger partial charge in [0, 0.05) is 4.47 Å². The van der Waals surface area contributed by atoms with Gasteiger partial charge in [0.2, 0.25) is 0 Å². The molecule has 0 bridgehead atoms. The summed E-state index contributed by atoms with van der Waals surface area (Å²) < 4.78 is 3.72. The number of aromatic nitrogens is 2. The topological polar surface area (TPSA) is 37.8 Å². The molecule has 2 heterocycles. The van der Waals surface area contributed by atoms with E-state index in [1.165, 1.54) is 11.3 Å². The van der Waals surface area contributed by atoms with Crippen LogP contribution in [0.4, 0.5) is 0 Å². The lowest BCUT2D eigenvalue weighted by Gasteiger charge is -2.10. The maximum Gasteiger partial charge on any atom is 0.276 e. The summed E-state index contributed by atoms with van der Waals surface area (Å²) in [5.41, 5.74) is 3.68. The molecule has 0 spiro atoms. The lowest BCUT2D eigenvalue weighted by atomic mass is 10.1. The summed E-state index contributed by atoms with van der Waals surface area (Å²) in [6, 6.07) is 5.79. The fourth-order valence-corrected chi connectivity index (χ4v) is 3.53. The van der Waals surface area contributed by atoms with E-state index in [4.69, 9.17) is 12.2 Å². The van der Waals surface area contributed by atoms with E-state index in [9.17, 15) is 4.79 Å². The van der Waals surface area contributed by atoms with Crippen molar-refractivity contribution in [2.75, 3.05) is 0 Å². The third kappa shape index (κ3) is 2.08. The minimum atomic E-state index is -0.0696. The maximum atomic E-state index is 12.6. The number of benzene rings is 1. The number of fused-ring (bicyclic) bond motifs is 1. The van der Waals surface area contributed by atoms with Gasteiger partial charge in [-0.1, -0.05) is 15.9 Å². The molecular formula is C14H11BrN2OS2. The fraction of sp³-hybridized carbons (Fsp3) is 0.143. The van der Waals surface area contributed by atoms with Gasteiger partial charge in [-0.05, 0) is 60.8 Å². The first-order chi connectivity index (χ1) is 9.49. The zero-order valence-electron chi connectivity index (χ0n) is 10.9. The molecule has 0 amide bonds. The first-order valence-electron chi connectivity index (χ1n) is 5.98. The van der Waals surface area contributed by atoms with Crippen molar-refractivity contribution in [3.8, 4) is 5.69 Å². The molecule has 1 N–H and O–H groups in total. The molecule has 0 aliphatic heterocycles. The highest BCUT2D eigenvalue weighted by molar-refractivity contribution is 9.10. The molecule has 102 valence electrons. The van der Waals surface area contributed by atoms with E-state index < -0.39 is 0 Å². The van der Waals surface area contributed by atoms with Gasteiger partial charge < -0.3 is 4.98 Å². The van der Waals surface area contributed by atoms with Crippen LogP contribution in [0, 0.1) is 18.6 Å². The monoisotopic (exact) mass is 366 g/mol. The SMILES string of the molecule is Cc1cc(-n2c(=S)[nH]c3ccsc3c2=O)cc(C)c1Br. The van der Waals surface area contributed by atoms with Crippen LogP contribution in [0.2, 0.25) is 0 Å². The van der Waals surface area contributed by atoms with Gasteiger partial charge in [-0.25, -0.2) is 0 Å². The van der Waals surface area contributed by atoms with Gasteiger partial charge in [0.1, 0.15) is 4.70 Å². The van der Waals surface area contributed by atoms with Crippen molar-refractivity contribution in [2.45, 2.75) is 13.8 Å². The highest BCUT2D eigenvalue weighted by atomic mass is 79.9. The largest absolute Gasteiger partial charge is 0.331 e. The van der Waals surface area contributed by atoms with Gasteiger partial charge in [0.05, 0.1) is 11.2 Å². The molecule has 0 saturated heterocycles. The molecule has 1 aromatic carbocycles. The van der Waals surface area contributed by atoms with Crippen LogP contribution >= 0.6 is 39.5 Å².